The SMILES string of the molecule is CCCCCC(=O)N1c2ccccc2NC2=C(C(=O)C[C@@H](c3ccc(C(C)(C)C)cc3)C2)[C@@H]1c1cccnc1. The normalized spacial score (nSPS) is 19.2. The largest absolute Gasteiger partial charge is 0.357 e. The van der Waals surface area contributed by atoms with Gasteiger partial charge in [0.2, 0.25) is 5.91 Å². The third kappa shape index (κ3) is 5.54. The highest BCUT2D eigenvalue weighted by molar-refractivity contribution is 6.06. The number of ketones is 1. The van der Waals surface area contributed by atoms with Gasteiger partial charge in [0.1, 0.15) is 0 Å². The van der Waals surface area contributed by atoms with Gasteiger partial charge in [-0.15, -0.1) is 0 Å². The maximum atomic E-state index is 14.1. The van der Waals surface area contributed by atoms with Gasteiger partial charge < -0.3 is 5.32 Å². The average molecular weight is 522 g/mol. The van der Waals surface area contributed by atoms with Crippen LogP contribution < -0.4 is 10.2 Å². The van der Waals surface area contributed by atoms with Crippen molar-refractivity contribution in [3.63, 3.8) is 0 Å². The molecule has 1 aliphatic carbocycles. The molecule has 2 heterocycles. The van der Waals surface area contributed by atoms with Crippen molar-refractivity contribution in [1.82, 2.24) is 4.98 Å². The van der Waals surface area contributed by atoms with Gasteiger partial charge >= 0.3 is 0 Å². The summed E-state index contributed by atoms with van der Waals surface area (Å²) >= 11 is 0. The molecule has 0 radical (unpaired) electrons. The number of nitrogens with zero attached hydrogens (tertiary/aromatic N) is 2. The van der Waals surface area contributed by atoms with E-state index in [9.17, 15) is 9.59 Å². The molecule has 202 valence electrons. The minimum Gasteiger partial charge on any atom is -0.357 e. The van der Waals surface area contributed by atoms with Crippen molar-refractivity contribution in [3.05, 3.63) is 101 Å². The molecule has 5 nitrogen and oxygen atoms in total. The van der Waals surface area contributed by atoms with E-state index < -0.39 is 6.04 Å². The number of benzene rings is 2. The lowest BCUT2D eigenvalue weighted by atomic mass is 9.77. The first kappa shape index (κ1) is 26.9. The molecule has 2 aromatic carbocycles. The summed E-state index contributed by atoms with van der Waals surface area (Å²) in [4.78, 5) is 34.2. The Morgan fingerprint density at radius 1 is 0.974 bits per heavy atom. The van der Waals surface area contributed by atoms with Crippen molar-refractivity contribution < 1.29 is 9.59 Å². The fourth-order valence-corrected chi connectivity index (χ4v) is 5.86. The minimum atomic E-state index is -0.518. The molecular weight excluding hydrogens is 482 g/mol. The van der Waals surface area contributed by atoms with Crippen LogP contribution in [0.15, 0.2) is 84.3 Å². The first-order valence-electron chi connectivity index (χ1n) is 14.2. The molecular formula is C34H39N3O2. The van der Waals surface area contributed by atoms with Crippen LogP contribution in [-0.4, -0.2) is 16.7 Å². The van der Waals surface area contributed by atoms with Crippen molar-refractivity contribution in [2.24, 2.45) is 0 Å². The average Bonchev–Trinajstić information content (AvgIpc) is 3.08. The Balaban J connectivity index is 1.60. The smallest absolute Gasteiger partial charge is 0.227 e. The van der Waals surface area contributed by atoms with Gasteiger partial charge in [-0.3, -0.25) is 19.5 Å². The van der Waals surface area contributed by atoms with Gasteiger partial charge in [-0.2, -0.15) is 0 Å². The molecule has 5 rings (SSSR count). The number of Topliss-reactive ketones (excluding diaryl/α,β-unsaturated/α-hetero) is 1. The lowest BCUT2D eigenvalue weighted by molar-refractivity contribution is -0.119. The summed E-state index contributed by atoms with van der Waals surface area (Å²) in [7, 11) is 0. The number of nitrogens with one attached hydrogen (secondary N) is 1. The number of carbonyl (C=O) groups is 2. The number of pyridine rings is 1. The van der Waals surface area contributed by atoms with Crippen LogP contribution in [0, 0.1) is 0 Å². The molecule has 2 aliphatic rings. The molecule has 0 fully saturated rings. The molecule has 39 heavy (non-hydrogen) atoms. The Bertz CT molecular complexity index is 1370. The Kier molecular flexibility index (Phi) is 7.69. The Morgan fingerprint density at radius 3 is 2.44 bits per heavy atom. The number of hydrogen-bond acceptors (Lipinski definition) is 4. The molecule has 0 unspecified atom stereocenters. The number of allylic oxidation sites excluding steroid dienone is 1. The van der Waals surface area contributed by atoms with E-state index in [-0.39, 0.29) is 23.0 Å². The van der Waals surface area contributed by atoms with Crippen molar-refractivity contribution in [2.45, 2.75) is 83.6 Å². The van der Waals surface area contributed by atoms with E-state index >= 15 is 0 Å². The summed E-state index contributed by atoms with van der Waals surface area (Å²) in [5.41, 5.74) is 6.64. The molecule has 0 bridgehead atoms. The van der Waals surface area contributed by atoms with E-state index in [1.165, 1.54) is 11.1 Å². The van der Waals surface area contributed by atoms with Crippen LogP contribution in [0.5, 0.6) is 0 Å². The summed E-state index contributed by atoms with van der Waals surface area (Å²) in [6.07, 6.45) is 7.96. The van der Waals surface area contributed by atoms with Crippen LogP contribution in [0.4, 0.5) is 11.4 Å². The Hall–Kier alpha value is -3.73. The van der Waals surface area contributed by atoms with Crippen LogP contribution in [0.25, 0.3) is 0 Å². The van der Waals surface area contributed by atoms with Gasteiger partial charge in [-0.25, -0.2) is 0 Å². The zero-order valence-corrected chi connectivity index (χ0v) is 23.5. The summed E-state index contributed by atoms with van der Waals surface area (Å²) in [6.45, 7) is 8.77. The van der Waals surface area contributed by atoms with Crippen molar-refractivity contribution >= 4 is 23.1 Å². The fourth-order valence-electron chi connectivity index (χ4n) is 5.86. The van der Waals surface area contributed by atoms with Crippen LogP contribution in [-0.2, 0) is 15.0 Å². The molecule has 5 heteroatoms. The quantitative estimate of drug-likeness (QED) is 0.335. The minimum absolute atomic E-state index is 0.0352. The molecule has 1 aliphatic heterocycles. The van der Waals surface area contributed by atoms with E-state index in [1.54, 1.807) is 12.4 Å². The van der Waals surface area contributed by atoms with E-state index in [2.05, 4.69) is 62.3 Å². The standard InChI is InChI=1S/C34H39N3O2/c1-5-6-7-14-31(39)37-29-13-9-8-12-27(29)36-28-20-25(23-15-17-26(18-16-23)34(2,3)4)21-30(38)32(28)33(37)24-11-10-19-35-22-24/h8-13,15-19,22,25,33,36H,5-7,14,20-21H2,1-4H3/t25-,33-/m0/s1. The number of carbonyl (C=O) groups excluding carboxylic acids is 2. The van der Waals surface area contributed by atoms with Crippen LogP contribution >= 0.6 is 0 Å². The Morgan fingerprint density at radius 2 is 1.74 bits per heavy atom. The highest BCUT2D eigenvalue weighted by Crippen LogP contribution is 2.47. The second-order valence-electron chi connectivity index (χ2n) is 11.8. The summed E-state index contributed by atoms with van der Waals surface area (Å²) in [5.74, 6) is 0.195. The van der Waals surface area contributed by atoms with Gasteiger partial charge in [0.25, 0.3) is 0 Å². The number of hydrogen-bond donors (Lipinski definition) is 1. The number of fused-ring (bicyclic) bond motifs is 1. The molecule has 0 saturated heterocycles. The van der Waals surface area contributed by atoms with Gasteiger partial charge in [-0.05, 0) is 59.1 Å². The van der Waals surface area contributed by atoms with E-state index in [0.29, 0.717) is 24.8 Å². The molecule has 0 saturated carbocycles. The van der Waals surface area contributed by atoms with E-state index in [0.717, 1.165) is 41.9 Å². The van der Waals surface area contributed by atoms with E-state index in [4.69, 9.17) is 0 Å². The topological polar surface area (TPSA) is 62.3 Å². The lowest BCUT2D eigenvalue weighted by Gasteiger charge is -2.35. The molecule has 0 spiro atoms. The second-order valence-corrected chi connectivity index (χ2v) is 11.8. The van der Waals surface area contributed by atoms with Crippen LogP contribution in [0.3, 0.4) is 0 Å². The fraction of sp³-hybridized carbons (Fsp3) is 0.382. The zero-order valence-electron chi connectivity index (χ0n) is 23.5. The van der Waals surface area contributed by atoms with Crippen LogP contribution in [0.1, 0.15) is 94.9 Å². The Labute approximate surface area is 232 Å². The third-order valence-corrected chi connectivity index (χ3v) is 8.00. The number of para-hydroxylation sites is 2. The van der Waals surface area contributed by atoms with Gasteiger partial charge in [0.05, 0.1) is 17.4 Å². The molecule has 1 N–H and O–H groups in total. The molecule has 1 aromatic heterocycles. The highest BCUT2D eigenvalue weighted by atomic mass is 16.2. The zero-order chi connectivity index (χ0) is 27.6. The predicted molar refractivity (Wildman–Crippen MR) is 158 cm³/mol. The predicted octanol–water partition coefficient (Wildman–Crippen LogP) is 7.86. The van der Waals surface area contributed by atoms with Gasteiger partial charge in [0.15, 0.2) is 5.78 Å². The van der Waals surface area contributed by atoms with Gasteiger partial charge in [0, 0.05) is 36.5 Å². The maximum Gasteiger partial charge on any atom is 0.227 e. The summed E-state index contributed by atoms with van der Waals surface area (Å²) in [6, 6.07) is 20.0. The van der Waals surface area contributed by atoms with Crippen molar-refractivity contribution in [1.29, 1.82) is 0 Å². The van der Waals surface area contributed by atoms with Crippen molar-refractivity contribution in [3.8, 4) is 0 Å². The number of amides is 1. The first-order valence-corrected chi connectivity index (χ1v) is 14.2. The second kappa shape index (κ2) is 11.2. The molecule has 2 atom stereocenters. The molecule has 1 amide bonds. The third-order valence-electron chi connectivity index (χ3n) is 8.00. The van der Waals surface area contributed by atoms with Crippen molar-refractivity contribution in [2.75, 3.05) is 10.2 Å². The number of anilines is 2. The number of unbranched alkanes of at least 4 members (excludes halogenated alkanes) is 2. The van der Waals surface area contributed by atoms with Crippen LogP contribution in [0.2, 0.25) is 0 Å². The number of rotatable bonds is 6. The maximum absolute atomic E-state index is 14.1. The monoisotopic (exact) mass is 521 g/mol. The summed E-state index contributed by atoms with van der Waals surface area (Å²) < 4.78 is 0. The lowest BCUT2D eigenvalue weighted by Crippen LogP contribution is -2.38. The summed E-state index contributed by atoms with van der Waals surface area (Å²) in [5, 5.41) is 3.62. The highest BCUT2D eigenvalue weighted by Gasteiger charge is 2.41. The van der Waals surface area contributed by atoms with E-state index in [1.807, 2.05) is 41.3 Å². The number of aromatic nitrogens is 1. The molecule has 3 aromatic rings. The first-order chi connectivity index (χ1) is 18.8. The van der Waals surface area contributed by atoms with Gasteiger partial charge in [-0.1, -0.05) is 83.0 Å².